The first-order chi connectivity index (χ1) is 11.6. The van der Waals surface area contributed by atoms with Crippen LogP contribution in [0.5, 0.6) is 0 Å². The first-order valence-corrected chi connectivity index (χ1v) is 8.41. The van der Waals surface area contributed by atoms with Gasteiger partial charge in [0.25, 0.3) is 15.7 Å². The van der Waals surface area contributed by atoms with Crippen LogP contribution in [0.25, 0.3) is 0 Å². The van der Waals surface area contributed by atoms with Crippen LogP contribution in [-0.2, 0) is 14.8 Å². The van der Waals surface area contributed by atoms with Gasteiger partial charge in [0, 0.05) is 11.8 Å². The number of carbonyl (C=O) groups is 1. The van der Waals surface area contributed by atoms with Gasteiger partial charge in [0.15, 0.2) is 10.7 Å². The molecule has 1 aliphatic rings. The summed E-state index contributed by atoms with van der Waals surface area (Å²) in [6.07, 6.45) is 2.97. The van der Waals surface area contributed by atoms with Gasteiger partial charge in [-0.05, 0) is 31.6 Å². The number of sulfonamides is 1. The molecule has 0 radical (unpaired) electrons. The number of carbonyl (C=O) groups excluding carboxylic acids is 1. The lowest BCUT2D eigenvalue weighted by Gasteiger charge is -2.21. The molecule has 0 fully saturated rings. The lowest BCUT2D eigenvalue weighted by Crippen LogP contribution is -2.26. The van der Waals surface area contributed by atoms with E-state index in [1.54, 1.807) is 13.0 Å². The number of nitro groups is 1. The molecule has 0 aliphatic carbocycles. The molecule has 10 heteroatoms. The van der Waals surface area contributed by atoms with Crippen LogP contribution >= 0.6 is 0 Å². The van der Waals surface area contributed by atoms with Crippen LogP contribution in [0.15, 0.2) is 64.5 Å². The second-order valence-corrected chi connectivity index (χ2v) is 6.88. The molecule has 25 heavy (non-hydrogen) atoms. The molecule has 0 bridgehead atoms. The SMILES string of the molecule is CC1=CC=C(C)N(S(=O)(=O)c2ccccc2[N+](=O)[O-])C=C1OC(N)=O. The highest BCUT2D eigenvalue weighted by molar-refractivity contribution is 7.89. The average Bonchev–Trinajstić information content (AvgIpc) is 2.68. The van der Waals surface area contributed by atoms with E-state index in [-0.39, 0.29) is 11.5 Å². The third kappa shape index (κ3) is 3.69. The molecule has 1 amide bonds. The van der Waals surface area contributed by atoms with Crippen LogP contribution in [0, 0.1) is 10.1 Å². The van der Waals surface area contributed by atoms with E-state index in [0.29, 0.717) is 5.57 Å². The molecule has 9 nitrogen and oxygen atoms in total. The van der Waals surface area contributed by atoms with Crippen molar-refractivity contribution in [2.45, 2.75) is 18.7 Å². The predicted octanol–water partition coefficient (Wildman–Crippen LogP) is 2.39. The fourth-order valence-corrected chi connectivity index (χ4v) is 3.66. The Kier molecular flexibility index (Phi) is 4.93. The summed E-state index contributed by atoms with van der Waals surface area (Å²) in [7, 11) is -4.32. The van der Waals surface area contributed by atoms with Gasteiger partial charge in [-0.1, -0.05) is 18.2 Å². The number of allylic oxidation sites excluding steroid dienone is 4. The molecule has 0 unspecified atom stereocenters. The van der Waals surface area contributed by atoms with Crippen molar-refractivity contribution < 1.29 is 22.9 Å². The quantitative estimate of drug-likeness (QED) is 0.643. The van der Waals surface area contributed by atoms with Crippen molar-refractivity contribution in [1.29, 1.82) is 0 Å². The van der Waals surface area contributed by atoms with E-state index in [4.69, 9.17) is 10.5 Å². The van der Waals surface area contributed by atoms with Gasteiger partial charge in [0.2, 0.25) is 0 Å². The van der Waals surface area contributed by atoms with Crippen LogP contribution < -0.4 is 5.73 Å². The summed E-state index contributed by atoms with van der Waals surface area (Å²) < 4.78 is 31.5. The van der Waals surface area contributed by atoms with E-state index in [1.165, 1.54) is 25.1 Å². The van der Waals surface area contributed by atoms with Crippen molar-refractivity contribution in [1.82, 2.24) is 4.31 Å². The molecule has 1 aromatic carbocycles. The second-order valence-electron chi connectivity index (χ2n) is 5.10. The molecule has 1 aromatic rings. The molecule has 1 heterocycles. The van der Waals surface area contributed by atoms with Gasteiger partial charge < -0.3 is 10.5 Å². The Morgan fingerprint density at radius 1 is 1.24 bits per heavy atom. The molecule has 2 N–H and O–H groups in total. The third-order valence-electron chi connectivity index (χ3n) is 3.35. The molecular weight excluding hydrogens is 350 g/mol. The Bertz CT molecular complexity index is 930. The van der Waals surface area contributed by atoms with Gasteiger partial charge >= 0.3 is 6.09 Å². The predicted molar refractivity (Wildman–Crippen MR) is 88.4 cm³/mol. The first-order valence-electron chi connectivity index (χ1n) is 6.97. The lowest BCUT2D eigenvalue weighted by molar-refractivity contribution is -0.387. The molecule has 2 rings (SSSR count). The number of hydrogen-bond acceptors (Lipinski definition) is 6. The number of benzene rings is 1. The highest BCUT2D eigenvalue weighted by Gasteiger charge is 2.32. The maximum Gasteiger partial charge on any atom is 0.410 e. The normalized spacial score (nSPS) is 14.8. The highest BCUT2D eigenvalue weighted by Crippen LogP contribution is 2.31. The Morgan fingerprint density at radius 3 is 2.48 bits per heavy atom. The van der Waals surface area contributed by atoms with Crippen molar-refractivity contribution >= 4 is 21.8 Å². The van der Waals surface area contributed by atoms with Gasteiger partial charge in [-0.15, -0.1) is 0 Å². The van der Waals surface area contributed by atoms with Crippen LogP contribution in [0.4, 0.5) is 10.5 Å². The molecule has 0 atom stereocenters. The van der Waals surface area contributed by atoms with Gasteiger partial charge in [-0.25, -0.2) is 17.5 Å². The summed E-state index contributed by atoms with van der Waals surface area (Å²) >= 11 is 0. The molecule has 132 valence electrons. The zero-order valence-electron chi connectivity index (χ0n) is 13.4. The first kappa shape index (κ1) is 18.2. The number of rotatable bonds is 4. The van der Waals surface area contributed by atoms with E-state index in [9.17, 15) is 23.3 Å². The Morgan fingerprint density at radius 2 is 1.88 bits per heavy atom. The van der Waals surface area contributed by atoms with E-state index >= 15 is 0 Å². The van der Waals surface area contributed by atoms with Crippen LogP contribution in [-0.4, -0.2) is 23.7 Å². The van der Waals surface area contributed by atoms with E-state index in [2.05, 4.69) is 0 Å². The zero-order valence-corrected chi connectivity index (χ0v) is 14.2. The van der Waals surface area contributed by atoms with Gasteiger partial charge in [-0.3, -0.25) is 10.1 Å². The van der Waals surface area contributed by atoms with E-state index in [0.717, 1.165) is 22.6 Å². The van der Waals surface area contributed by atoms with Crippen molar-refractivity contribution in [2.24, 2.45) is 5.73 Å². The zero-order chi connectivity index (χ0) is 18.8. The number of nitrogens with two attached hydrogens (primary N) is 1. The van der Waals surface area contributed by atoms with Crippen LogP contribution in [0.1, 0.15) is 13.8 Å². The van der Waals surface area contributed by atoms with Crippen LogP contribution in [0.3, 0.4) is 0 Å². The largest absolute Gasteiger partial charge is 0.410 e. The average molecular weight is 365 g/mol. The van der Waals surface area contributed by atoms with E-state index < -0.39 is 31.6 Å². The number of para-hydroxylation sites is 1. The standard InChI is InChI=1S/C15H15N3O6S/c1-10-7-8-11(2)17(9-13(10)24-15(16)19)25(22,23)14-6-4-3-5-12(14)18(20)21/h3-9H,1-2H3,(H2,16,19). The van der Waals surface area contributed by atoms with Crippen LogP contribution in [0.2, 0.25) is 0 Å². The summed E-state index contributed by atoms with van der Waals surface area (Å²) in [6.45, 7) is 3.10. The number of primary amides is 1. The summed E-state index contributed by atoms with van der Waals surface area (Å²) in [6, 6.07) is 4.97. The number of ether oxygens (including phenoxy) is 1. The molecule has 1 aliphatic heterocycles. The van der Waals surface area contributed by atoms with Crippen molar-refractivity contribution in [3.05, 3.63) is 69.8 Å². The topological polar surface area (TPSA) is 133 Å². The minimum atomic E-state index is -4.32. The fraction of sp³-hybridized carbons (Fsp3) is 0.133. The Labute approximate surface area is 143 Å². The van der Waals surface area contributed by atoms with Crippen molar-refractivity contribution in [2.75, 3.05) is 0 Å². The van der Waals surface area contributed by atoms with Gasteiger partial charge in [-0.2, -0.15) is 0 Å². The smallest absolute Gasteiger partial charge is 0.409 e. The minimum absolute atomic E-state index is 0.0808. The molecule has 0 aromatic heterocycles. The molecular formula is C15H15N3O6S. The fourth-order valence-electron chi connectivity index (χ4n) is 2.12. The maximum atomic E-state index is 13.0. The molecule has 0 saturated heterocycles. The molecule has 0 spiro atoms. The monoisotopic (exact) mass is 365 g/mol. The minimum Gasteiger partial charge on any atom is -0.409 e. The highest BCUT2D eigenvalue weighted by atomic mass is 32.2. The van der Waals surface area contributed by atoms with Crippen molar-refractivity contribution in [3.63, 3.8) is 0 Å². The van der Waals surface area contributed by atoms with Gasteiger partial charge in [0.1, 0.15) is 0 Å². The molecule has 0 saturated carbocycles. The summed E-state index contributed by atoms with van der Waals surface area (Å²) in [4.78, 5) is 20.9. The number of hydrogen-bond donors (Lipinski definition) is 1. The summed E-state index contributed by atoms with van der Waals surface area (Å²) in [5, 5.41) is 11.2. The third-order valence-corrected chi connectivity index (χ3v) is 5.17. The Hall–Kier alpha value is -3.14. The summed E-state index contributed by atoms with van der Waals surface area (Å²) in [5.74, 6) is -0.0808. The number of nitrogens with zero attached hydrogens (tertiary/aromatic N) is 2. The van der Waals surface area contributed by atoms with Crippen molar-refractivity contribution in [3.8, 4) is 0 Å². The number of nitro benzene ring substituents is 1. The van der Waals surface area contributed by atoms with Gasteiger partial charge in [0.05, 0.1) is 11.1 Å². The number of amides is 1. The lowest BCUT2D eigenvalue weighted by atomic mass is 10.2. The van der Waals surface area contributed by atoms with E-state index in [1.807, 2.05) is 0 Å². The summed E-state index contributed by atoms with van der Waals surface area (Å²) in [5.41, 5.74) is 5.14. The second kappa shape index (κ2) is 6.77. The Balaban J connectivity index is 2.63. The maximum absolute atomic E-state index is 13.0.